The molecule has 2 heterocycles. The first kappa shape index (κ1) is 22.6. The summed E-state index contributed by atoms with van der Waals surface area (Å²) in [6, 6.07) is 8.05. The minimum absolute atomic E-state index is 0.101. The molecule has 0 atom stereocenters. The lowest BCUT2D eigenvalue weighted by molar-refractivity contribution is -0.384. The van der Waals surface area contributed by atoms with E-state index in [1.165, 1.54) is 23.5 Å². The SMILES string of the molecule is CC(C)(C)OC(=O)Cc1cc(-c2nnc(Nc3ccc4[nH]ncc4c3Cl)s2)cc([N+](=O)[O-])c1. The highest BCUT2D eigenvalue weighted by atomic mass is 35.5. The summed E-state index contributed by atoms with van der Waals surface area (Å²) in [5.74, 6) is -0.474. The third kappa shape index (κ3) is 5.26. The summed E-state index contributed by atoms with van der Waals surface area (Å²) in [5, 5.41) is 31.8. The first-order valence-electron chi connectivity index (χ1n) is 9.82. The van der Waals surface area contributed by atoms with E-state index >= 15 is 0 Å². The number of esters is 1. The smallest absolute Gasteiger partial charge is 0.310 e. The van der Waals surface area contributed by atoms with E-state index in [2.05, 4.69) is 25.7 Å². The van der Waals surface area contributed by atoms with Gasteiger partial charge in [-0.05, 0) is 44.5 Å². The highest BCUT2D eigenvalue weighted by molar-refractivity contribution is 7.18. The number of carbonyl (C=O) groups is 1. The normalized spacial score (nSPS) is 11.5. The molecule has 0 aliphatic carbocycles. The lowest BCUT2D eigenvalue weighted by Gasteiger charge is -2.19. The van der Waals surface area contributed by atoms with Crippen molar-refractivity contribution in [1.29, 1.82) is 0 Å². The van der Waals surface area contributed by atoms with E-state index in [9.17, 15) is 14.9 Å². The summed E-state index contributed by atoms with van der Waals surface area (Å²) in [6.07, 6.45) is 1.53. The van der Waals surface area contributed by atoms with Crippen LogP contribution in [0.15, 0.2) is 36.5 Å². The zero-order valence-corrected chi connectivity index (χ0v) is 19.5. The molecule has 12 heteroatoms. The van der Waals surface area contributed by atoms with Crippen molar-refractivity contribution in [3.63, 3.8) is 0 Å². The van der Waals surface area contributed by atoms with Crippen molar-refractivity contribution < 1.29 is 14.5 Å². The standard InChI is InChI=1S/C21H19ClN6O4S/c1-21(2,3)32-17(29)8-11-6-12(9-13(7-11)28(30)31)19-26-27-20(33-19)24-16-5-4-15-14(18(16)22)10-23-25-15/h4-7,9-10H,8H2,1-3H3,(H,23,25)(H,24,27). The molecule has 0 amide bonds. The van der Waals surface area contributed by atoms with Crippen LogP contribution in [-0.2, 0) is 16.0 Å². The largest absolute Gasteiger partial charge is 0.460 e. The second kappa shape index (κ2) is 8.75. The van der Waals surface area contributed by atoms with Gasteiger partial charge in [0.1, 0.15) is 10.6 Å². The van der Waals surface area contributed by atoms with Gasteiger partial charge in [0.05, 0.1) is 33.8 Å². The number of fused-ring (bicyclic) bond motifs is 1. The maximum Gasteiger partial charge on any atom is 0.310 e. The first-order valence-corrected chi connectivity index (χ1v) is 11.0. The van der Waals surface area contributed by atoms with Gasteiger partial charge in [0, 0.05) is 23.1 Å². The number of nitrogens with zero attached hydrogens (tertiary/aromatic N) is 4. The molecule has 0 spiro atoms. The average Bonchev–Trinajstić information content (AvgIpc) is 3.38. The number of anilines is 2. The fourth-order valence-corrected chi connectivity index (χ4v) is 4.14. The van der Waals surface area contributed by atoms with Crippen molar-refractivity contribution in [2.24, 2.45) is 0 Å². The van der Waals surface area contributed by atoms with Crippen LogP contribution in [0, 0.1) is 10.1 Å². The Morgan fingerprint density at radius 1 is 1.27 bits per heavy atom. The number of halogens is 1. The molecule has 0 bridgehead atoms. The second-order valence-electron chi connectivity index (χ2n) is 8.20. The van der Waals surface area contributed by atoms with E-state index in [1.807, 2.05) is 6.07 Å². The Kier molecular flexibility index (Phi) is 6.00. The Morgan fingerprint density at radius 3 is 2.79 bits per heavy atom. The zero-order valence-electron chi connectivity index (χ0n) is 17.9. The van der Waals surface area contributed by atoms with Crippen LogP contribution in [0.4, 0.5) is 16.5 Å². The lowest BCUT2D eigenvalue weighted by atomic mass is 10.1. The molecule has 0 fully saturated rings. The van der Waals surface area contributed by atoms with Gasteiger partial charge < -0.3 is 10.1 Å². The molecule has 4 rings (SSSR count). The van der Waals surface area contributed by atoms with Crippen molar-refractivity contribution in [3.8, 4) is 10.6 Å². The van der Waals surface area contributed by atoms with Crippen molar-refractivity contribution in [2.45, 2.75) is 32.8 Å². The third-order valence-corrected chi connectivity index (χ3v) is 5.72. The molecular weight excluding hydrogens is 468 g/mol. The van der Waals surface area contributed by atoms with Gasteiger partial charge in [-0.2, -0.15) is 5.10 Å². The number of ether oxygens (including phenoxy) is 1. The van der Waals surface area contributed by atoms with Gasteiger partial charge in [0.15, 0.2) is 0 Å². The number of nitro groups is 1. The van der Waals surface area contributed by atoms with Gasteiger partial charge >= 0.3 is 5.97 Å². The molecule has 0 unspecified atom stereocenters. The van der Waals surface area contributed by atoms with Crippen LogP contribution in [-0.4, -0.2) is 36.9 Å². The number of carbonyl (C=O) groups excluding carboxylic acids is 1. The van der Waals surface area contributed by atoms with Gasteiger partial charge in [-0.1, -0.05) is 22.9 Å². The molecule has 0 saturated carbocycles. The summed E-state index contributed by atoms with van der Waals surface area (Å²) in [5.41, 5.74) is 1.55. The molecule has 0 radical (unpaired) electrons. The van der Waals surface area contributed by atoms with Crippen LogP contribution in [0.2, 0.25) is 5.02 Å². The molecule has 2 N–H and O–H groups in total. The summed E-state index contributed by atoms with van der Waals surface area (Å²) in [6.45, 7) is 5.28. The molecule has 0 aliphatic heterocycles. The van der Waals surface area contributed by atoms with E-state index in [-0.39, 0.29) is 12.1 Å². The Morgan fingerprint density at radius 2 is 2.06 bits per heavy atom. The Hall–Kier alpha value is -3.57. The number of nitrogens with one attached hydrogen (secondary N) is 2. The van der Waals surface area contributed by atoms with Crippen LogP contribution >= 0.6 is 22.9 Å². The number of hydrogen-bond acceptors (Lipinski definition) is 9. The number of rotatable bonds is 6. The highest BCUT2D eigenvalue weighted by Gasteiger charge is 2.20. The van der Waals surface area contributed by atoms with Crippen molar-refractivity contribution in [2.75, 3.05) is 5.32 Å². The summed E-state index contributed by atoms with van der Waals surface area (Å²) >= 11 is 7.64. The second-order valence-corrected chi connectivity index (χ2v) is 9.56. The van der Waals surface area contributed by atoms with Crippen molar-refractivity contribution >= 4 is 56.3 Å². The van der Waals surface area contributed by atoms with E-state index in [1.54, 1.807) is 39.1 Å². The van der Waals surface area contributed by atoms with Gasteiger partial charge in [-0.3, -0.25) is 20.0 Å². The molecular formula is C21H19ClN6O4S. The molecule has 170 valence electrons. The maximum absolute atomic E-state index is 12.2. The van der Waals surface area contributed by atoms with E-state index in [0.29, 0.717) is 32.0 Å². The number of aromatic nitrogens is 4. The van der Waals surface area contributed by atoms with Crippen LogP contribution in [0.3, 0.4) is 0 Å². The van der Waals surface area contributed by atoms with Crippen LogP contribution in [0.25, 0.3) is 21.5 Å². The summed E-state index contributed by atoms with van der Waals surface area (Å²) < 4.78 is 5.33. The summed E-state index contributed by atoms with van der Waals surface area (Å²) in [7, 11) is 0. The molecule has 4 aromatic rings. The number of benzene rings is 2. The van der Waals surface area contributed by atoms with E-state index in [0.717, 1.165) is 10.9 Å². The quantitative estimate of drug-likeness (QED) is 0.213. The predicted octanol–water partition coefficient (Wildman–Crippen LogP) is 5.27. The van der Waals surface area contributed by atoms with Gasteiger partial charge in [0.2, 0.25) is 5.13 Å². The molecule has 2 aromatic carbocycles. The van der Waals surface area contributed by atoms with Crippen molar-refractivity contribution in [1.82, 2.24) is 20.4 Å². The topological polar surface area (TPSA) is 136 Å². The fraction of sp³-hybridized carbons (Fsp3) is 0.238. The van der Waals surface area contributed by atoms with E-state index in [4.69, 9.17) is 16.3 Å². The minimum Gasteiger partial charge on any atom is -0.460 e. The number of non-ortho nitro benzene ring substituents is 1. The average molecular weight is 487 g/mol. The third-order valence-electron chi connectivity index (χ3n) is 4.43. The number of H-pyrrole nitrogens is 1. The molecule has 0 aliphatic rings. The van der Waals surface area contributed by atoms with Gasteiger partial charge in [0.25, 0.3) is 5.69 Å². The van der Waals surface area contributed by atoms with Crippen molar-refractivity contribution in [3.05, 3.63) is 57.2 Å². The predicted molar refractivity (Wildman–Crippen MR) is 126 cm³/mol. The molecule has 10 nitrogen and oxygen atoms in total. The van der Waals surface area contributed by atoms with E-state index < -0.39 is 16.5 Å². The Labute approximate surface area is 197 Å². The van der Waals surface area contributed by atoms with Crippen LogP contribution in [0.1, 0.15) is 26.3 Å². The number of aromatic amines is 1. The van der Waals surface area contributed by atoms with Gasteiger partial charge in [-0.25, -0.2) is 0 Å². The maximum atomic E-state index is 12.2. The Bertz CT molecular complexity index is 1360. The Balaban J connectivity index is 1.60. The minimum atomic E-state index is -0.652. The van der Waals surface area contributed by atoms with Crippen LogP contribution < -0.4 is 5.32 Å². The monoisotopic (exact) mass is 486 g/mol. The van der Waals surface area contributed by atoms with Crippen LogP contribution in [0.5, 0.6) is 0 Å². The molecule has 0 saturated heterocycles. The number of nitro benzene ring substituents is 1. The molecule has 33 heavy (non-hydrogen) atoms. The first-order chi connectivity index (χ1) is 15.6. The fourth-order valence-electron chi connectivity index (χ4n) is 3.13. The lowest BCUT2D eigenvalue weighted by Crippen LogP contribution is -2.24. The van der Waals surface area contributed by atoms with Gasteiger partial charge in [-0.15, -0.1) is 10.2 Å². The zero-order chi connectivity index (χ0) is 23.8. The molecule has 2 aromatic heterocycles. The highest BCUT2D eigenvalue weighted by Crippen LogP contribution is 2.35. The number of hydrogen-bond donors (Lipinski definition) is 2. The summed E-state index contributed by atoms with van der Waals surface area (Å²) in [4.78, 5) is 23.2.